The van der Waals surface area contributed by atoms with Gasteiger partial charge in [-0.25, -0.2) is 4.68 Å². The summed E-state index contributed by atoms with van der Waals surface area (Å²) in [5, 5.41) is 13.5. The molecule has 3 heterocycles. The molecule has 34 heavy (non-hydrogen) atoms. The number of carbonyl (C=O) groups excluding carboxylic acids is 4. The number of rotatable bonds is 6. The Labute approximate surface area is 193 Å². The first kappa shape index (κ1) is 21.5. The number of nitrogens with two attached hydrogens (primary N) is 1. The summed E-state index contributed by atoms with van der Waals surface area (Å²) >= 11 is 0. The van der Waals surface area contributed by atoms with Crippen molar-refractivity contribution in [1.82, 2.24) is 25.2 Å². The average molecular weight is 459 g/mol. The molecule has 11 heteroatoms. The van der Waals surface area contributed by atoms with E-state index in [9.17, 15) is 19.2 Å². The van der Waals surface area contributed by atoms with E-state index in [4.69, 9.17) is 5.73 Å². The summed E-state index contributed by atoms with van der Waals surface area (Å²) in [6, 6.07) is 11.6. The van der Waals surface area contributed by atoms with Crippen molar-refractivity contribution in [3.63, 3.8) is 0 Å². The standard InChI is InChI=1S/C23H21N7O4/c24-10-15-12-29(28-27-15)16-3-1-2-13(8-16)11-25-14-4-5-17-18(9-14)23(34)30(22(17)33)19-6-7-20(31)26-21(19)32/h1-5,8-9,12,19,25H,6-7,10-11,24H2,(H,26,31,32). The van der Waals surface area contributed by atoms with E-state index in [0.29, 0.717) is 24.5 Å². The fraction of sp³-hybridized carbons (Fsp3) is 0.217. The van der Waals surface area contributed by atoms with Gasteiger partial charge < -0.3 is 11.1 Å². The highest BCUT2D eigenvalue weighted by molar-refractivity contribution is 6.23. The molecule has 1 atom stereocenters. The number of hydrogen-bond donors (Lipinski definition) is 3. The van der Waals surface area contributed by atoms with Crippen molar-refractivity contribution in [3.8, 4) is 5.69 Å². The van der Waals surface area contributed by atoms with E-state index in [2.05, 4.69) is 20.9 Å². The van der Waals surface area contributed by atoms with Crippen LogP contribution in [0.15, 0.2) is 48.7 Å². The van der Waals surface area contributed by atoms with Crippen LogP contribution in [-0.2, 0) is 22.7 Å². The smallest absolute Gasteiger partial charge is 0.262 e. The molecule has 4 N–H and O–H groups in total. The van der Waals surface area contributed by atoms with Crippen molar-refractivity contribution < 1.29 is 19.2 Å². The number of carbonyl (C=O) groups is 4. The molecule has 1 saturated heterocycles. The van der Waals surface area contributed by atoms with Gasteiger partial charge in [0.25, 0.3) is 11.8 Å². The van der Waals surface area contributed by atoms with Gasteiger partial charge >= 0.3 is 0 Å². The molecule has 0 aliphatic carbocycles. The second-order valence-corrected chi connectivity index (χ2v) is 8.09. The zero-order chi connectivity index (χ0) is 23.8. The van der Waals surface area contributed by atoms with Crippen LogP contribution in [0.4, 0.5) is 5.69 Å². The number of nitrogens with one attached hydrogen (secondary N) is 2. The predicted octanol–water partition coefficient (Wildman–Crippen LogP) is 0.739. The maximum absolute atomic E-state index is 13.0. The van der Waals surface area contributed by atoms with Crippen molar-refractivity contribution in [2.24, 2.45) is 5.73 Å². The Kier molecular flexibility index (Phi) is 5.38. The van der Waals surface area contributed by atoms with Gasteiger partial charge in [0.05, 0.1) is 28.7 Å². The summed E-state index contributed by atoms with van der Waals surface area (Å²) in [5.41, 5.74) is 9.21. The monoisotopic (exact) mass is 459 g/mol. The quantitative estimate of drug-likeness (QED) is 0.457. The minimum Gasteiger partial charge on any atom is -0.381 e. The maximum Gasteiger partial charge on any atom is 0.262 e. The number of amides is 4. The molecule has 11 nitrogen and oxygen atoms in total. The molecular weight excluding hydrogens is 438 g/mol. The Balaban J connectivity index is 1.31. The fourth-order valence-corrected chi connectivity index (χ4v) is 4.11. The number of benzene rings is 2. The van der Waals surface area contributed by atoms with Gasteiger partial charge in [-0.2, -0.15) is 0 Å². The number of anilines is 1. The molecule has 2 aliphatic heterocycles. The number of fused-ring (bicyclic) bond motifs is 1. The van der Waals surface area contributed by atoms with Crippen molar-refractivity contribution in [2.45, 2.75) is 32.0 Å². The first-order valence-electron chi connectivity index (χ1n) is 10.7. The molecule has 172 valence electrons. The first-order chi connectivity index (χ1) is 16.4. The van der Waals surface area contributed by atoms with Crippen LogP contribution < -0.4 is 16.4 Å². The summed E-state index contributed by atoms with van der Waals surface area (Å²) in [7, 11) is 0. The lowest BCUT2D eigenvalue weighted by Gasteiger charge is -2.27. The summed E-state index contributed by atoms with van der Waals surface area (Å²) in [6.07, 6.45) is 1.97. The number of imide groups is 2. The molecule has 1 aromatic heterocycles. The summed E-state index contributed by atoms with van der Waals surface area (Å²) in [4.78, 5) is 50.4. The van der Waals surface area contributed by atoms with Gasteiger partial charge in [-0.1, -0.05) is 17.3 Å². The van der Waals surface area contributed by atoms with E-state index in [1.54, 1.807) is 29.1 Å². The van der Waals surface area contributed by atoms with Crippen molar-refractivity contribution in [3.05, 3.63) is 71.0 Å². The highest BCUT2D eigenvalue weighted by Crippen LogP contribution is 2.29. The molecule has 2 aliphatic rings. The van der Waals surface area contributed by atoms with Crippen molar-refractivity contribution >= 4 is 29.3 Å². The zero-order valence-electron chi connectivity index (χ0n) is 18.0. The van der Waals surface area contributed by atoms with Crippen LogP contribution in [0.5, 0.6) is 0 Å². The van der Waals surface area contributed by atoms with E-state index in [-0.39, 0.29) is 24.0 Å². The van der Waals surface area contributed by atoms with Gasteiger partial charge in [0.2, 0.25) is 11.8 Å². The number of hydrogen-bond acceptors (Lipinski definition) is 8. The second kappa shape index (κ2) is 8.52. The van der Waals surface area contributed by atoms with Crippen LogP contribution in [-0.4, -0.2) is 49.6 Å². The van der Waals surface area contributed by atoms with Crippen LogP contribution in [0.2, 0.25) is 0 Å². The molecule has 0 radical (unpaired) electrons. The Morgan fingerprint density at radius 2 is 1.88 bits per heavy atom. The maximum atomic E-state index is 13.0. The van der Waals surface area contributed by atoms with E-state index >= 15 is 0 Å². The van der Waals surface area contributed by atoms with Crippen LogP contribution >= 0.6 is 0 Å². The lowest BCUT2D eigenvalue weighted by atomic mass is 10.0. The van der Waals surface area contributed by atoms with Gasteiger partial charge in [-0.15, -0.1) is 5.10 Å². The molecular formula is C23H21N7O4. The average Bonchev–Trinajstić information content (AvgIpc) is 3.42. The molecule has 0 bridgehead atoms. The number of piperidine rings is 1. The largest absolute Gasteiger partial charge is 0.381 e. The van der Waals surface area contributed by atoms with Crippen LogP contribution in [0.1, 0.15) is 44.8 Å². The highest BCUT2D eigenvalue weighted by atomic mass is 16.2. The number of aromatic nitrogens is 3. The zero-order valence-corrected chi connectivity index (χ0v) is 18.0. The van der Waals surface area contributed by atoms with Crippen molar-refractivity contribution in [1.29, 1.82) is 0 Å². The SMILES string of the molecule is NCc1cn(-c2cccc(CNc3ccc4c(c3)C(=O)N(C3CCC(=O)NC3=O)C4=O)c2)nn1. The minimum absolute atomic E-state index is 0.0812. The van der Waals surface area contributed by atoms with E-state index in [1.807, 2.05) is 24.3 Å². The topological polar surface area (TPSA) is 152 Å². The minimum atomic E-state index is -0.985. The van der Waals surface area contributed by atoms with Crippen LogP contribution in [0.3, 0.4) is 0 Å². The van der Waals surface area contributed by atoms with Gasteiger partial charge in [0, 0.05) is 25.2 Å². The third kappa shape index (κ3) is 3.82. The van der Waals surface area contributed by atoms with E-state index < -0.39 is 29.7 Å². The fourth-order valence-electron chi connectivity index (χ4n) is 4.11. The highest BCUT2D eigenvalue weighted by Gasteiger charge is 2.44. The second-order valence-electron chi connectivity index (χ2n) is 8.09. The van der Waals surface area contributed by atoms with E-state index in [0.717, 1.165) is 16.2 Å². The molecule has 3 aromatic rings. The summed E-state index contributed by atoms with van der Waals surface area (Å²) in [6.45, 7) is 0.770. The Morgan fingerprint density at radius 3 is 2.65 bits per heavy atom. The first-order valence-corrected chi connectivity index (χ1v) is 10.7. The molecule has 5 rings (SSSR count). The van der Waals surface area contributed by atoms with Gasteiger partial charge in [0.15, 0.2) is 0 Å². The molecule has 0 spiro atoms. The molecule has 4 amide bonds. The van der Waals surface area contributed by atoms with Crippen LogP contribution in [0, 0.1) is 0 Å². The van der Waals surface area contributed by atoms with Crippen LogP contribution in [0.25, 0.3) is 5.69 Å². The Bertz CT molecular complexity index is 1330. The summed E-state index contributed by atoms with van der Waals surface area (Å²) < 4.78 is 1.65. The number of nitrogens with zero attached hydrogens (tertiary/aromatic N) is 4. The van der Waals surface area contributed by atoms with Gasteiger partial charge in [0.1, 0.15) is 6.04 Å². The third-order valence-corrected chi connectivity index (χ3v) is 5.86. The Morgan fingerprint density at radius 1 is 1.06 bits per heavy atom. The normalized spacial score (nSPS) is 17.7. The molecule has 1 fully saturated rings. The van der Waals surface area contributed by atoms with E-state index in [1.165, 1.54) is 0 Å². The van der Waals surface area contributed by atoms with Gasteiger partial charge in [-0.05, 0) is 42.3 Å². The predicted molar refractivity (Wildman–Crippen MR) is 120 cm³/mol. The summed E-state index contributed by atoms with van der Waals surface area (Å²) in [5.74, 6) is -2.10. The molecule has 0 saturated carbocycles. The third-order valence-electron chi connectivity index (χ3n) is 5.86. The van der Waals surface area contributed by atoms with Crippen molar-refractivity contribution in [2.75, 3.05) is 5.32 Å². The lowest BCUT2D eigenvalue weighted by molar-refractivity contribution is -0.136. The Hall–Kier alpha value is -4.38. The lowest BCUT2D eigenvalue weighted by Crippen LogP contribution is -2.54. The molecule has 2 aromatic carbocycles. The van der Waals surface area contributed by atoms with Gasteiger partial charge in [-0.3, -0.25) is 29.4 Å². The molecule has 1 unspecified atom stereocenters.